The lowest BCUT2D eigenvalue weighted by Crippen LogP contribution is -2.24. The van der Waals surface area contributed by atoms with Gasteiger partial charge >= 0.3 is 0 Å². The first-order valence-electron chi connectivity index (χ1n) is 7.84. The third-order valence-electron chi connectivity index (χ3n) is 4.02. The van der Waals surface area contributed by atoms with E-state index >= 15 is 0 Å². The molecule has 0 aliphatic heterocycles. The molecule has 0 aliphatic carbocycles. The SMILES string of the molecule is COc1ccc(CNC(=O)Cc2c[nH]c3ccc(Cl)cc23)cc1OC. The normalized spacial score (nSPS) is 10.7. The van der Waals surface area contributed by atoms with E-state index in [0.717, 1.165) is 22.0 Å². The summed E-state index contributed by atoms with van der Waals surface area (Å²) in [6, 6.07) is 11.2. The molecule has 0 saturated heterocycles. The van der Waals surface area contributed by atoms with Crippen molar-refractivity contribution in [2.75, 3.05) is 14.2 Å². The lowest BCUT2D eigenvalue weighted by Gasteiger charge is -2.10. The van der Waals surface area contributed by atoms with Gasteiger partial charge < -0.3 is 19.8 Å². The summed E-state index contributed by atoms with van der Waals surface area (Å²) in [6.45, 7) is 0.419. The number of aromatic nitrogens is 1. The van der Waals surface area contributed by atoms with E-state index in [0.29, 0.717) is 23.1 Å². The summed E-state index contributed by atoms with van der Waals surface area (Å²) in [7, 11) is 3.18. The van der Waals surface area contributed by atoms with Crippen LogP contribution in [-0.2, 0) is 17.8 Å². The summed E-state index contributed by atoms with van der Waals surface area (Å²) in [6.07, 6.45) is 2.13. The molecule has 3 rings (SSSR count). The Bertz CT molecular complexity index is 905. The van der Waals surface area contributed by atoms with Crippen LogP contribution >= 0.6 is 11.6 Å². The van der Waals surface area contributed by atoms with Crippen LogP contribution in [0.25, 0.3) is 10.9 Å². The number of rotatable bonds is 6. The Kier molecular flexibility index (Phi) is 5.14. The number of hydrogen-bond acceptors (Lipinski definition) is 3. The van der Waals surface area contributed by atoms with Gasteiger partial charge in [-0.1, -0.05) is 17.7 Å². The smallest absolute Gasteiger partial charge is 0.224 e. The molecule has 5 nitrogen and oxygen atoms in total. The molecule has 0 saturated carbocycles. The highest BCUT2D eigenvalue weighted by molar-refractivity contribution is 6.31. The van der Waals surface area contributed by atoms with Crippen LogP contribution in [0.4, 0.5) is 0 Å². The fourth-order valence-electron chi connectivity index (χ4n) is 2.72. The van der Waals surface area contributed by atoms with E-state index in [-0.39, 0.29) is 12.3 Å². The topological polar surface area (TPSA) is 63.3 Å². The van der Waals surface area contributed by atoms with E-state index < -0.39 is 0 Å². The number of carbonyl (C=O) groups excluding carboxylic acids is 1. The number of nitrogens with one attached hydrogen (secondary N) is 2. The van der Waals surface area contributed by atoms with Crippen LogP contribution in [0, 0.1) is 0 Å². The number of amides is 1. The number of benzene rings is 2. The molecule has 0 radical (unpaired) electrons. The van der Waals surface area contributed by atoms with Crippen molar-refractivity contribution in [3.63, 3.8) is 0 Å². The van der Waals surface area contributed by atoms with Gasteiger partial charge in [0.1, 0.15) is 0 Å². The van der Waals surface area contributed by atoms with Crippen molar-refractivity contribution < 1.29 is 14.3 Å². The van der Waals surface area contributed by atoms with Crippen LogP contribution < -0.4 is 14.8 Å². The Hall–Kier alpha value is -2.66. The number of aromatic amines is 1. The van der Waals surface area contributed by atoms with Crippen LogP contribution in [0.15, 0.2) is 42.6 Å². The van der Waals surface area contributed by atoms with Crippen LogP contribution in [0.1, 0.15) is 11.1 Å². The molecule has 0 aliphatic rings. The van der Waals surface area contributed by atoms with E-state index in [2.05, 4.69) is 10.3 Å². The molecule has 1 heterocycles. The van der Waals surface area contributed by atoms with Gasteiger partial charge in [-0.2, -0.15) is 0 Å². The van der Waals surface area contributed by atoms with E-state index in [9.17, 15) is 4.79 Å². The molecule has 1 amide bonds. The summed E-state index contributed by atoms with van der Waals surface area (Å²) in [4.78, 5) is 15.4. The highest BCUT2D eigenvalue weighted by atomic mass is 35.5. The van der Waals surface area contributed by atoms with Crippen molar-refractivity contribution in [1.29, 1.82) is 0 Å². The third kappa shape index (κ3) is 3.88. The van der Waals surface area contributed by atoms with E-state index in [1.807, 2.05) is 42.6 Å². The zero-order chi connectivity index (χ0) is 17.8. The lowest BCUT2D eigenvalue weighted by atomic mass is 10.1. The van der Waals surface area contributed by atoms with Crippen LogP contribution in [0.2, 0.25) is 5.02 Å². The Morgan fingerprint density at radius 3 is 2.68 bits per heavy atom. The van der Waals surface area contributed by atoms with E-state index in [1.54, 1.807) is 14.2 Å². The van der Waals surface area contributed by atoms with Crippen LogP contribution in [0.5, 0.6) is 11.5 Å². The predicted octanol–water partition coefficient (Wildman–Crippen LogP) is 3.70. The Balaban J connectivity index is 1.65. The van der Waals surface area contributed by atoms with Crippen LogP contribution in [-0.4, -0.2) is 25.1 Å². The second-order valence-electron chi connectivity index (χ2n) is 5.65. The Morgan fingerprint density at radius 2 is 1.92 bits per heavy atom. The second kappa shape index (κ2) is 7.49. The van der Waals surface area contributed by atoms with Gasteiger partial charge in [0.15, 0.2) is 11.5 Å². The molecule has 0 spiro atoms. The first-order chi connectivity index (χ1) is 12.1. The minimum absolute atomic E-state index is 0.0596. The highest BCUT2D eigenvalue weighted by Crippen LogP contribution is 2.27. The lowest BCUT2D eigenvalue weighted by molar-refractivity contribution is -0.120. The summed E-state index contributed by atoms with van der Waals surface area (Å²) in [5.41, 5.74) is 2.82. The standard InChI is InChI=1S/C19H19ClN2O3/c1-24-17-6-3-12(7-18(17)25-2)10-22-19(23)8-13-11-21-16-5-4-14(20)9-15(13)16/h3-7,9,11,21H,8,10H2,1-2H3,(H,22,23). The minimum Gasteiger partial charge on any atom is -0.493 e. The molecular weight excluding hydrogens is 340 g/mol. The number of methoxy groups -OCH3 is 2. The van der Waals surface area contributed by atoms with E-state index in [1.165, 1.54) is 0 Å². The van der Waals surface area contributed by atoms with Gasteiger partial charge in [0.25, 0.3) is 0 Å². The van der Waals surface area contributed by atoms with Gasteiger partial charge in [-0.25, -0.2) is 0 Å². The maximum atomic E-state index is 12.3. The number of ether oxygens (including phenoxy) is 2. The first-order valence-corrected chi connectivity index (χ1v) is 8.21. The second-order valence-corrected chi connectivity index (χ2v) is 6.08. The van der Waals surface area contributed by atoms with Crippen molar-refractivity contribution in [3.05, 3.63) is 58.7 Å². The maximum absolute atomic E-state index is 12.3. The molecule has 25 heavy (non-hydrogen) atoms. The summed E-state index contributed by atoms with van der Waals surface area (Å²) in [5.74, 6) is 1.24. The molecular formula is C19H19ClN2O3. The van der Waals surface area contributed by atoms with Crippen LogP contribution in [0.3, 0.4) is 0 Å². The largest absolute Gasteiger partial charge is 0.493 e. The molecule has 0 fully saturated rings. The third-order valence-corrected chi connectivity index (χ3v) is 4.25. The monoisotopic (exact) mass is 358 g/mol. The van der Waals surface area contributed by atoms with Crippen molar-refractivity contribution in [1.82, 2.24) is 10.3 Å². The molecule has 2 aromatic carbocycles. The van der Waals surface area contributed by atoms with Gasteiger partial charge in [0.2, 0.25) is 5.91 Å². The summed E-state index contributed by atoms with van der Waals surface area (Å²) < 4.78 is 10.5. The predicted molar refractivity (Wildman–Crippen MR) is 98.4 cm³/mol. The average molecular weight is 359 g/mol. The molecule has 1 aromatic heterocycles. The van der Waals surface area contributed by atoms with Gasteiger partial charge in [-0.05, 0) is 41.5 Å². The van der Waals surface area contributed by atoms with Crippen molar-refractivity contribution in [2.24, 2.45) is 0 Å². The molecule has 0 bridgehead atoms. The van der Waals surface area contributed by atoms with Gasteiger partial charge in [-0.3, -0.25) is 4.79 Å². The fraction of sp³-hybridized carbons (Fsp3) is 0.211. The maximum Gasteiger partial charge on any atom is 0.224 e. The number of halogens is 1. The van der Waals surface area contributed by atoms with Gasteiger partial charge in [-0.15, -0.1) is 0 Å². The molecule has 6 heteroatoms. The minimum atomic E-state index is -0.0596. The summed E-state index contributed by atoms with van der Waals surface area (Å²) >= 11 is 6.04. The average Bonchev–Trinajstić information content (AvgIpc) is 3.01. The Morgan fingerprint density at radius 1 is 1.12 bits per heavy atom. The fourth-order valence-corrected chi connectivity index (χ4v) is 2.90. The molecule has 0 unspecified atom stereocenters. The zero-order valence-electron chi connectivity index (χ0n) is 14.1. The van der Waals surface area contributed by atoms with Crippen molar-refractivity contribution >= 4 is 28.4 Å². The Labute approximate surface area is 150 Å². The first kappa shape index (κ1) is 17.2. The number of H-pyrrole nitrogens is 1. The summed E-state index contributed by atoms with van der Waals surface area (Å²) in [5, 5.41) is 4.54. The molecule has 0 atom stereocenters. The number of hydrogen-bond donors (Lipinski definition) is 2. The van der Waals surface area contributed by atoms with Crippen molar-refractivity contribution in [2.45, 2.75) is 13.0 Å². The number of fused-ring (bicyclic) bond motifs is 1. The van der Waals surface area contributed by atoms with Gasteiger partial charge in [0, 0.05) is 28.7 Å². The quantitative estimate of drug-likeness (QED) is 0.706. The zero-order valence-corrected chi connectivity index (χ0v) is 14.8. The van der Waals surface area contributed by atoms with Gasteiger partial charge in [0.05, 0.1) is 20.6 Å². The molecule has 3 aromatic rings. The van der Waals surface area contributed by atoms with Crippen molar-refractivity contribution in [3.8, 4) is 11.5 Å². The highest BCUT2D eigenvalue weighted by Gasteiger charge is 2.10. The molecule has 130 valence electrons. The number of carbonyl (C=O) groups is 1. The molecule has 2 N–H and O–H groups in total. The van der Waals surface area contributed by atoms with E-state index in [4.69, 9.17) is 21.1 Å².